The first kappa shape index (κ1) is 14.9. The van der Waals surface area contributed by atoms with E-state index in [1.54, 1.807) is 31.8 Å². The van der Waals surface area contributed by atoms with Crippen LogP contribution >= 0.6 is 0 Å². The van der Waals surface area contributed by atoms with Crippen LogP contribution in [-0.4, -0.2) is 41.1 Å². The summed E-state index contributed by atoms with van der Waals surface area (Å²) in [6.45, 7) is 1.47. The molecular weight excluding hydrogens is 270 g/mol. The molecule has 0 aromatic carbocycles. The average molecular weight is 287 g/mol. The van der Waals surface area contributed by atoms with Gasteiger partial charge < -0.3 is 15.4 Å². The molecule has 2 aromatic rings. The third kappa shape index (κ3) is 4.81. The highest BCUT2D eigenvalue weighted by Gasteiger charge is 2.07. The molecule has 0 aliphatic rings. The first-order valence-corrected chi connectivity index (χ1v) is 6.52. The fourth-order valence-electron chi connectivity index (χ4n) is 1.61. The van der Waals surface area contributed by atoms with Crippen LogP contribution in [0.25, 0.3) is 0 Å². The van der Waals surface area contributed by atoms with Gasteiger partial charge in [-0.2, -0.15) is 0 Å². The molecule has 0 unspecified atom stereocenters. The fourth-order valence-corrected chi connectivity index (χ4v) is 1.61. The van der Waals surface area contributed by atoms with E-state index in [2.05, 4.69) is 25.6 Å². The molecule has 7 heteroatoms. The zero-order chi connectivity index (χ0) is 14.9. The number of carbonyl (C=O) groups excluding carboxylic acids is 1. The molecule has 0 spiro atoms. The minimum atomic E-state index is -0.249. The van der Waals surface area contributed by atoms with Crippen LogP contribution in [-0.2, 0) is 11.3 Å². The number of carbonyl (C=O) groups is 1. The zero-order valence-electron chi connectivity index (χ0n) is 11.7. The quantitative estimate of drug-likeness (QED) is 0.734. The molecule has 21 heavy (non-hydrogen) atoms. The van der Waals surface area contributed by atoms with Crippen LogP contribution in [0, 0.1) is 0 Å². The summed E-state index contributed by atoms with van der Waals surface area (Å²) in [7, 11) is 1.58. The van der Waals surface area contributed by atoms with Gasteiger partial charge in [-0.05, 0) is 23.8 Å². The Labute approximate surface area is 122 Å². The number of amides is 1. The zero-order valence-corrected chi connectivity index (χ0v) is 11.7. The standard InChI is InChI=1S/C14H17N5O2/c1-21-9-8-16-13(20)12-4-7-17-14(19-12)18-10-11-2-5-15-6-3-11/h2-7H,8-10H2,1H3,(H,16,20)(H,17,18,19). The summed E-state index contributed by atoms with van der Waals surface area (Å²) in [6, 6.07) is 5.36. The molecule has 0 fully saturated rings. The van der Waals surface area contributed by atoms with E-state index in [0.717, 1.165) is 5.56 Å². The maximum absolute atomic E-state index is 11.9. The normalized spacial score (nSPS) is 10.1. The molecular formula is C14H17N5O2. The van der Waals surface area contributed by atoms with Crippen LogP contribution in [0.4, 0.5) is 5.95 Å². The third-order valence-corrected chi connectivity index (χ3v) is 2.68. The Kier molecular flexibility index (Phi) is 5.60. The Hall–Kier alpha value is -2.54. The number of anilines is 1. The second-order valence-corrected chi connectivity index (χ2v) is 4.22. The van der Waals surface area contributed by atoms with Gasteiger partial charge in [-0.1, -0.05) is 0 Å². The monoisotopic (exact) mass is 287 g/mol. The topological polar surface area (TPSA) is 89.0 Å². The number of hydrogen-bond donors (Lipinski definition) is 2. The van der Waals surface area contributed by atoms with Crippen molar-refractivity contribution in [3.63, 3.8) is 0 Å². The molecule has 0 saturated heterocycles. The van der Waals surface area contributed by atoms with E-state index in [0.29, 0.717) is 31.3 Å². The number of rotatable bonds is 7. The highest BCUT2D eigenvalue weighted by molar-refractivity contribution is 5.92. The molecule has 2 rings (SSSR count). The lowest BCUT2D eigenvalue weighted by Crippen LogP contribution is -2.28. The van der Waals surface area contributed by atoms with Crippen LogP contribution in [0.1, 0.15) is 16.1 Å². The molecule has 2 heterocycles. The van der Waals surface area contributed by atoms with Gasteiger partial charge in [-0.25, -0.2) is 9.97 Å². The van der Waals surface area contributed by atoms with Crippen molar-refractivity contribution in [2.75, 3.05) is 25.6 Å². The molecule has 2 N–H and O–H groups in total. The lowest BCUT2D eigenvalue weighted by atomic mass is 10.3. The summed E-state index contributed by atoms with van der Waals surface area (Å²) in [6.07, 6.45) is 4.99. The van der Waals surface area contributed by atoms with E-state index >= 15 is 0 Å². The van der Waals surface area contributed by atoms with Crippen LogP contribution in [0.5, 0.6) is 0 Å². The molecule has 2 aromatic heterocycles. The van der Waals surface area contributed by atoms with E-state index in [4.69, 9.17) is 4.74 Å². The van der Waals surface area contributed by atoms with Crippen molar-refractivity contribution in [2.45, 2.75) is 6.54 Å². The summed E-state index contributed by atoms with van der Waals surface area (Å²) in [5.41, 5.74) is 1.38. The van der Waals surface area contributed by atoms with Gasteiger partial charge in [-0.3, -0.25) is 9.78 Å². The molecule has 0 atom stereocenters. The highest BCUT2D eigenvalue weighted by atomic mass is 16.5. The van der Waals surface area contributed by atoms with Crippen molar-refractivity contribution >= 4 is 11.9 Å². The minimum absolute atomic E-state index is 0.249. The van der Waals surface area contributed by atoms with Crippen molar-refractivity contribution in [2.24, 2.45) is 0 Å². The summed E-state index contributed by atoms with van der Waals surface area (Å²) >= 11 is 0. The number of pyridine rings is 1. The third-order valence-electron chi connectivity index (χ3n) is 2.68. The van der Waals surface area contributed by atoms with Crippen molar-refractivity contribution < 1.29 is 9.53 Å². The summed E-state index contributed by atoms with van der Waals surface area (Å²) < 4.78 is 4.87. The first-order chi connectivity index (χ1) is 10.3. The highest BCUT2D eigenvalue weighted by Crippen LogP contribution is 2.04. The Morgan fingerprint density at radius 1 is 1.24 bits per heavy atom. The number of methoxy groups -OCH3 is 1. The number of aromatic nitrogens is 3. The SMILES string of the molecule is COCCNC(=O)c1ccnc(NCc2ccncc2)n1. The van der Waals surface area contributed by atoms with E-state index in [1.165, 1.54) is 0 Å². The largest absolute Gasteiger partial charge is 0.383 e. The van der Waals surface area contributed by atoms with Gasteiger partial charge in [0.1, 0.15) is 5.69 Å². The van der Waals surface area contributed by atoms with Gasteiger partial charge in [-0.15, -0.1) is 0 Å². The van der Waals surface area contributed by atoms with Gasteiger partial charge >= 0.3 is 0 Å². The second-order valence-electron chi connectivity index (χ2n) is 4.22. The Bertz CT molecular complexity index is 577. The Balaban J connectivity index is 1.92. The summed E-state index contributed by atoms with van der Waals surface area (Å²) in [5.74, 6) is 0.160. The molecule has 0 saturated carbocycles. The molecule has 0 aliphatic heterocycles. The molecule has 0 bridgehead atoms. The maximum Gasteiger partial charge on any atom is 0.270 e. The van der Waals surface area contributed by atoms with Crippen molar-refractivity contribution in [1.82, 2.24) is 20.3 Å². The molecule has 1 amide bonds. The van der Waals surface area contributed by atoms with Crippen LogP contribution in [0.3, 0.4) is 0 Å². The fraction of sp³-hybridized carbons (Fsp3) is 0.286. The average Bonchev–Trinajstić information content (AvgIpc) is 2.54. The number of nitrogens with one attached hydrogen (secondary N) is 2. The maximum atomic E-state index is 11.9. The predicted octanol–water partition coefficient (Wildman–Crippen LogP) is 0.860. The van der Waals surface area contributed by atoms with Gasteiger partial charge in [0.25, 0.3) is 5.91 Å². The molecule has 7 nitrogen and oxygen atoms in total. The molecule has 0 radical (unpaired) electrons. The minimum Gasteiger partial charge on any atom is -0.383 e. The Morgan fingerprint density at radius 2 is 2.05 bits per heavy atom. The van der Waals surface area contributed by atoms with Crippen molar-refractivity contribution in [3.8, 4) is 0 Å². The number of hydrogen-bond acceptors (Lipinski definition) is 6. The summed E-state index contributed by atoms with van der Waals surface area (Å²) in [4.78, 5) is 24.1. The lowest BCUT2D eigenvalue weighted by molar-refractivity contribution is 0.0932. The van der Waals surface area contributed by atoms with Crippen LogP contribution < -0.4 is 10.6 Å². The van der Waals surface area contributed by atoms with Gasteiger partial charge in [0, 0.05) is 38.8 Å². The molecule has 0 aliphatic carbocycles. The number of nitrogens with zero attached hydrogens (tertiary/aromatic N) is 3. The van der Waals surface area contributed by atoms with E-state index < -0.39 is 0 Å². The van der Waals surface area contributed by atoms with E-state index in [-0.39, 0.29) is 5.91 Å². The van der Waals surface area contributed by atoms with E-state index in [9.17, 15) is 4.79 Å². The smallest absolute Gasteiger partial charge is 0.270 e. The van der Waals surface area contributed by atoms with Crippen molar-refractivity contribution in [1.29, 1.82) is 0 Å². The number of ether oxygens (including phenoxy) is 1. The van der Waals surface area contributed by atoms with Gasteiger partial charge in [0.05, 0.1) is 6.61 Å². The molecule has 110 valence electrons. The Morgan fingerprint density at radius 3 is 2.81 bits per heavy atom. The van der Waals surface area contributed by atoms with Crippen LogP contribution in [0.2, 0.25) is 0 Å². The van der Waals surface area contributed by atoms with E-state index in [1.807, 2.05) is 12.1 Å². The van der Waals surface area contributed by atoms with Crippen LogP contribution in [0.15, 0.2) is 36.8 Å². The van der Waals surface area contributed by atoms with Gasteiger partial charge in [0.15, 0.2) is 0 Å². The van der Waals surface area contributed by atoms with Gasteiger partial charge in [0.2, 0.25) is 5.95 Å². The predicted molar refractivity (Wildman–Crippen MR) is 77.8 cm³/mol. The summed E-state index contributed by atoms with van der Waals surface area (Å²) in [5, 5.41) is 5.78. The lowest BCUT2D eigenvalue weighted by Gasteiger charge is -2.07. The second kappa shape index (κ2) is 7.91. The van der Waals surface area contributed by atoms with Crippen molar-refractivity contribution in [3.05, 3.63) is 48.0 Å². The first-order valence-electron chi connectivity index (χ1n) is 6.52.